The van der Waals surface area contributed by atoms with E-state index in [2.05, 4.69) is 5.32 Å². The minimum absolute atomic E-state index is 0.0332. The summed E-state index contributed by atoms with van der Waals surface area (Å²) in [6.45, 7) is 5.32. The lowest BCUT2D eigenvalue weighted by Crippen LogP contribution is -2.55. The first kappa shape index (κ1) is 35.7. The smallest absolute Gasteiger partial charge is 0.264 e. The van der Waals surface area contributed by atoms with Crippen LogP contribution >= 0.6 is 0 Å². The molecular weight excluding hydrogens is 635 g/mol. The Kier molecular flexibility index (Phi) is 11.8. The number of nitrogens with one attached hydrogen (secondary N) is 1. The molecular formula is C40H47N3O5S. The van der Waals surface area contributed by atoms with E-state index in [-0.39, 0.29) is 35.5 Å². The Balaban J connectivity index is 1.60. The van der Waals surface area contributed by atoms with Crippen molar-refractivity contribution in [1.29, 1.82) is 0 Å². The topological polar surface area (TPSA) is 96.0 Å². The van der Waals surface area contributed by atoms with Gasteiger partial charge in [0.25, 0.3) is 10.0 Å². The zero-order chi connectivity index (χ0) is 35.0. The maximum atomic E-state index is 14.8. The normalized spacial score (nSPS) is 14.1. The molecule has 1 saturated carbocycles. The molecule has 1 aliphatic carbocycles. The lowest BCUT2D eigenvalue weighted by molar-refractivity contribution is -0.140. The van der Waals surface area contributed by atoms with Crippen LogP contribution in [0, 0.1) is 20.8 Å². The van der Waals surface area contributed by atoms with Gasteiger partial charge < -0.3 is 15.0 Å². The summed E-state index contributed by atoms with van der Waals surface area (Å²) in [5.74, 6) is -0.424. The summed E-state index contributed by atoms with van der Waals surface area (Å²) in [6, 6.07) is 28.4. The number of methoxy groups -OCH3 is 1. The molecule has 0 radical (unpaired) electrons. The molecule has 49 heavy (non-hydrogen) atoms. The monoisotopic (exact) mass is 681 g/mol. The van der Waals surface area contributed by atoms with Gasteiger partial charge >= 0.3 is 0 Å². The number of amides is 2. The van der Waals surface area contributed by atoms with Crippen molar-refractivity contribution < 1.29 is 22.7 Å². The largest absolute Gasteiger partial charge is 0.495 e. The summed E-state index contributed by atoms with van der Waals surface area (Å²) in [5.41, 5.74) is 4.77. The average molecular weight is 682 g/mol. The molecule has 1 aliphatic rings. The lowest BCUT2D eigenvalue weighted by Gasteiger charge is -2.35. The van der Waals surface area contributed by atoms with E-state index in [0.717, 1.165) is 64.2 Å². The Morgan fingerprint density at radius 2 is 1.41 bits per heavy atom. The molecule has 1 atom stereocenters. The number of rotatable bonds is 13. The molecule has 0 aliphatic heterocycles. The summed E-state index contributed by atoms with van der Waals surface area (Å²) < 4.78 is 35.7. The third-order valence-corrected chi connectivity index (χ3v) is 11.0. The highest BCUT2D eigenvalue weighted by Gasteiger charge is 2.36. The van der Waals surface area contributed by atoms with Gasteiger partial charge in [-0.3, -0.25) is 13.9 Å². The Bertz CT molecular complexity index is 1820. The zero-order valence-corrected chi connectivity index (χ0v) is 29.7. The van der Waals surface area contributed by atoms with Crippen LogP contribution in [0.25, 0.3) is 0 Å². The van der Waals surface area contributed by atoms with Gasteiger partial charge in [0.2, 0.25) is 11.8 Å². The predicted molar refractivity (Wildman–Crippen MR) is 194 cm³/mol. The summed E-state index contributed by atoms with van der Waals surface area (Å²) >= 11 is 0. The Morgan fingerprint density at radius 1 is 0.796 bits per heavy atom. The van der Waals surface area contributed by atoms with Crippen molar-refractivity contribution in [2.24, 2.45) is 0 Å². The van der Waals surface area contributed by atoms with Crippen molar-refractivity contribution in [3.8, 4) is 5.75 Å². The zero-order valence-electron chi connectivity index (χ0n) is 28.9. The molecule has 1 fully saturated rings. The third kappa shape index (κ3) is 9.09. The van der Waals surface area contributed by atoms with Gasteiger partial charge in [-0.1, -0.05) is 103 Å². The predicted octanol–water partition coefficient (Wildman–Crippen LogP) is 6.90. The average Bonchev–Trinajstić information content (AvgIpc) is 3.10. The number of carbonyl (C=O) groups excluding carboxylic acids is 2. The van der Waals surface area contributed by atoms with Gasteiger partial charge in [-0.15, -0.1) is 0 Å². The lowest BCUT2D eigenvalue weighted by atomic mass is 9.94. The number of ether oxygens (including phenoxy) is 1. The van der Waals surface area contributed by atoms with Crippen LogP contribution in [0.5, 0.6) is 5.75 Å². The number of hydrogen-bond donors (Lipinski definition) is 1. The molecule has 5 rings (SSSR count). The Morgan fingerprint density at radius 3 is 2.04 bits per heavy atom. The fourth-order valence-electron chi connectivity index (χ4n) is 6.33. The van der Waals surface area contributed by atoms with E-state index in [1.165, 1.54) is 7.11 Å². The van der Waals surface area contributed by atoms with Crippen molar-refractivity contribution in [2.45, 2.75) is 82.8 Å². The van der Waals surface area contributed by atoms with Crippen molar-refractivity contribution >= 4 is 27.5 Å². The first-order valence-electron chi connectivity index (χ1n) is 17.0. The highest BCUT2D eigenvalue weighted by Crippen LogP contribution is 2.34. The molecule has 0 saturated heterocycles. The van der Waals surface area contributed by atoms with Crippen molar-refractivity contribution in [3.05, 3.63) is 125 Å². The summed E-state index contributed by atoms with van der Waals surface area (Å²) in [7, 11) is -2.78. The fraction of sp³-hybridized carbons (Fsp3) is 0.350. The number of anilines is 1. The van der Waals surface area contributed by atoms with Crippen LogP contribution in [0.4, 0.5) is 5.69 Å². The Hall–Kier alpha value is -4.63. The van der Waals surface area contributed by atoms with Crippen LogP contribution in [-0.4, -0.2) is 50.9 Å². The Labute approximate surface area is 291 Å². The molecule has 1 N–H and O–H groups in total. The van der Waals surface area contributed by atoms with E-state index in [0.29, 0.717) is 5.75 Å². The van der Waals surface area contributed by atoms with E-state index in [1.807, 2.05) is 81.4 Å². The van der Waals surface area contributed by atoms with Gasteiger partial charge in [-0.2, -0.15) is 0 Å². The van der Waals surface area contributed by atoms with Crippen molar-refractivity contribution in [3.63, 3.8) is 0 Å². The highest BCUT2D eigenvalue weighted by atomic mass is 32.2. The molecule has 4 aromatic rings. The first-order chi connectivity index (χ1) is 23.5. The second-order valence-corrected chi connectivity index (χ2v) is 14.9. The SMILES string of the molecule is COc1ccc(C)cc1N(CC(=O)N(Cc1ccc(C)cc1)[C@H](Cc1ccccc1)C(=O)NC1CCCCC1)S(=O)(=O)c1ccc(C)cc1. The van der Waals surface area contributed by atoms with Gasteiger partial charge in [-0.25, -0.2) is 8.42 Å². The van der Waals surface area contributed by atoms with E-state index >= 15 is 0 Å². The number of hydrogen-bond acceptors (Lipinski definition) is 5. The summed E-state index contributed by atoms with van der Waals surface area (Å²) in [4.78, 5) is 30.7. The van der Waals surface area contributed by atoms with E-state index < -0.39 is 28.5 Å². The molecule has 2 amide bonds. The first-order valence-corrected chi connectivity index (χ1v) is 18.4. The summed E-state index contributed by atoms with van der Waals surface area (Å²) in [6.07, 6.45) is 5.30. The van der Waals surface area contributed by atoms with E-state index in [9.17, 15) is 18.0 Å². The third-order valence-electron chi connectivity index (χ3n) is 9.19. The number of carbonyl (C=O) groups is 2. The van der Waals surface area contributed by atoms with Gasteiger partial charge in [-0.05, 0) is 74.6 Å². The van der Waals surface area contributed by atoms with Crippen LogP contribution in [0.2, 0.25) is 0 Å². The highest BCUT2D eigenvalue weighted by molar-refractivity contribution is 7.92. The molecule has 258 valence electrons. The van der Waals surface area contributed by atoms with Crippen LogP contribution in [0.1, 0.15) is 59.9 Å². The van der Waals surface area contributed by atoms with Crippen molar-refractivity contribution in [2.75, 3.05) is 18.0 Å². The van der Waals surface area contributed by atoms with Crippen molar-refractivity contribution in [1.82, 2.24) is 10.2 Å². The maximum absolute atomic E-state index is 14.8. The molecule has 8 nitrogen and oxygen atoms in total. The van der Waals surface area contributed by atoms with Gasteiger partial charge in [0, 0.05) is 19.0 Å². The standard InChI is InChI=1S/C40H47N3O5S/c1-29-15-20-33(21-16-29)27-42(37(26-32-11-7-5-8-12-32)40(45)41-34-13-9-6-10-14-34)39(44)28-43(36-25-31(3)19-24-38(36)48-4)49(46,47)35-22-17-30(2)18-23-35/h5,7-8,11-12,15-25,34,37H,6,9-10,13-14,26-28H2,1-4H3,(H,41,45)/t37-/m1/s1. The number of nitrogens with zero attached hydrogens (tertiary/aromatic N) is 2. The number of sulfonamides is 1. The maximum Gasteiger partial charge on any atom is 0.264 e. The fourth-order valence-corrected chi connectivity index (χ4v) is 7.75. The van der Waals surface area contributed by atoms with Gasteiger partial charge in [0.05, 0.1) is 17.7 Å². The molecule has 0 aromatic heterocycles. The molecule has 9 heteroatoms. The number of aryl methyl sites for hydroxylation is 3. The van der Waals surface area contributed by atoms with Gasteiger partial charge in [0.15, 0.2) is 0 Å². The van der Waals surface area contributed by atoms with Crippen LogP contribution in [-0.2, 0) is 32.6 Å². The minimum Gasteiger partial charge on any atom is -0.495 e. The van der Waals surface area contributed by atoms with Crippen LogP contribution < -0.4 is 14.4 Å². The van der Waals surface area contributed by atoms with Crippen LogP contribution in [0.15, 0.2) is 102 Å². The molecule has 0 bridgehead atoms. The van der Waals surface area contributed by atoms with Crippen LogP contribution in [0.3, 0.4) is 0 Å². The summed E-state index contributed by atoms with van der Waals surface area (Å²) in [5, 5.41) is 3.26. The molecule has 0 spiro atoms. The second-order valence-electron chi connectivity index (χ2n) is 13.1. The quantitative estimate of drug-likeness (QED) is 0.166. The second kappa shape index (κ2) is 16.2. The molecule has 0 unspecified atom stereocenters. The van der Waals surface area contributed by atoms with E-state index in [4.69, 9.17) is 4.74 Å². The van der Waals surface area contributed by atoms with E-state index in [1.54, 1.807) is 41.3 Å². The minimum atomic E-state index is -4.25. The number of benzene rings is 4. The van der Waals surface area contributed by atoms with Gasteiger partial charge in [0.1, 0.15) is 18.3 Å². The molecule has 4 aromatic carbocycles. The molecule has 0 heterocycles.